The quantitative estimate of drug-likeness (QED) is 0.595. The second-order valence-electron chi connectivity index (χ2n) is 6.98. The number of hydrogen-bond donors (Lipinski definition) is 0. The van der Waals surface area contributed by atoms with Gasteiger partial charge in [-0.05, 0) is 26.3 Å². The van der Waals surface area contributed by atoms with Crippen molar-refractivity contribution in [1.82, 2.24) is 19.6 Å². The van der Waals surface area contributed by atoms with Crippen LogP contribution in [0.5, 0.6) is 0 Å². The number of carbonyl (C=O) groups excluding carboxylic acids is 1. The van der Waals surface area contributed by atoms with Gasteiger partial charge >= 0.3 is 5.69 Å². The molecular weight excluding hydrogens is 346 g/mol. The van der Waals surface area contributed by atoms with Gasteiger partial charge in [-0.2, -0.15) is 5.10 Å². The summed E-state index contributed by atoms with van der Waals surface area (Å²) in [4.78, 5) is 27.8. The van der Waals surface area contributed by atoms with Crippen molar-refractivity contribution >= 4 is 11.6 Å². The summed E-state index contributed by atoms with van der Waals surface area (Å²) in [6.07, 6.45) is 0. The van der Waals surface area contributed by atoms with E-state index in [4.69, 9.17) is 0 Å². The van der Waals surface area contributed by atoms with E-state index < -0.39 is 11.0 Å². The Morgan fingerprint density at radius 1 is 1.19 bits per heavy atom. The molecule has 0 radical (unpaired) electrons. The molecule has 1 saturated heterocycles. The van der Waals surface area contributed by atoms with Crippen LogP contribution in [0.1, 0.15) is 29.9 Å². The van der Waals surface area contributed by atoms with Crippen LogP contribution in [0.4, 0.5) is 5.69 Å². The maximum absolute atomic E-state index is 12.9. The first-order valence-corrected chi connectivity index (χ1v) is 9.13. The molecule has 0 aliphatic carbocycles. The lowest BCUT2D eigenvalue weighted by Crippen LogP contribution is -2.50. The number of amides is 1. The zero-order valence-corrected chi connectivity index (χ0v) is 16.0. The molecule has 0 spiro atoms. The van der Waals surface area contributed by atoms with Crippen LogP contribution in [0.3, 0.4) is 0 Å². The Kier molecular flexibility index (Phi) is 5.55. The SMILES string of the molecule is Cc1nn([C@@H](C)C(=O)N2CCN(Cc3ccccc3)CC2)c(C)c1[N+](=O)[O-]. The van der Waals surface area contributed by atoms with Crippen LogP contribution in [-0.2, 0) is 11.3 Å². The molecule has 0 bridgehead atoms. The van der Waals surface area contributed by atoms with E-state index >= 15 is 0 Å². The van der Waals surface area contributed by atoms with Gasteiger partial charge in [-0.1, -0.05) is 30.3 Å². The van der Waals surface area contributed by atoms with Crippen molar-refractivity contribution in [2.75, 3.05) is 26.2 Å². The minimum atomic E-state index is -0.557. The van der Waals surface area contributed by atoms with E-state index in [2.05, 4.69) is 22.1 Å². The van der Waals surface area contributed by atoms with Gasteiger partial charge in [-0.25, -0.2) is 0 Å². The Morgan fingerprint density at radius 3 is 2.37 bits per heavy atom. The molecule has 3 rings (SSSR count). The number of rotatable bonds is 5. The third-order valence-electron chi connectivity index (χ3n) is 5.13. The number of hydrogen-bond acceptors (Lipinski definition) is 5. The first kappa shape index (κ1) is 19.0. The van der Waals surface area contributed by atoms with Crippen LogP contribution >= 0.6 is 0 Å². The van der Waals surface area contributed by atoms with Crippen LogP contribution in [0, 0.1) is 24.0 Å². The highest BCUT2D eigenvalue weighted by Gasteiger charge is 2.30. The highest BCUT2D eigenvalue weighted by atomic mass is 16.6. The second kappa shape index (κ2) is 7.87. The molecule has 0 unspecified atom stereocenters. The van der Waals surface area contributed by atoms with Crippen molar-refractivity contribution in [2.24, 2.45) is 0 Å². The number of carbonyl (C=O) groups is 1. The Bertz CT molecular complexity index is 825. The summed E-state index contributed by atoms with van der Waals surface area (Å²) in [7, 11) is 0. The molecule has 2 heterocycles. The molecule has 1 fully saturated rings. The second-order valence-corrected chi connectivity index (χ2v) is 6.98. The molecule has 1 aromatic carbocycles. The van der Waals surface area contributed by atoms with Crippen LogP contribution in [-0.4, -0.2) is 56.6 Å². The largest absolute Gasteiger partial charge is 0.338 e. The van der Waals surface area contributed by atoms with E-state index in [9.17, 15) is 14.9 Å². The van der Waals surface area contributed by atoms with Gasteiger partial charge in [-0.15, -0.1) is 0 Å². The van der Waals surface area contributed by atoms with Gasteiger partial charge in [0, 0.05) is 32.7 Å². The Hall–Kier alpha value is -2.74. The fraction of sp³-hybridized carbons (Fsp3) is 0.474. The molecule has 1 aromatic heterocycles. The molecule has 0 N–H and O–H groups in total. The van der Waals surface area contributed by atoms with Crippen LogP contribution in [0.15, 0.2) is 30.3 Å². The number of piperazine rings is 1. The molecular formula is C19H25N5O3. The van der Waals surface area contributed by atoms with E-state index in [0.717, 1.165) is 19.6 Å². The molecule has 1 aliphatic rings. The Morgan fingerprint density at radius 2 is 1.81 bits per heavy atom. The van der Waals surface area contributed by atoms with Crippen LogP contribution in [0.2, 0.25) is 0 Å². The van der Waals surface area contributed by atoms with E-state index in [1.54, 1.807) is 20.8 Å². The molecule has 8 heteroatoms. The molecule has 1 amide bonds. The monoisotopic (exact) mass is 371 g/mol. The number of aromatic nitrogens is 2. The standard InChI is InChI=1S/C19H25N5O3/c1-14-18(24(26)27)15(2)23(20-14)16(3)19(25)22-11-9-21(10-12-22)13-17-7-5-4-6-8-17/h4-8,16H,9-13H2,1-3H3/t16-/m0/s1. The smallest absolute Gasteiger partial charge is 0.312 e. The van der Waals surface area contributed by atoms with E-state index in [1.165, 1.54) is 10.2 Å². The highest BCUT2D eigenvalue weighted by molar-refractivity contribution is 5.80. The minimum absolute atomic E-state index is 0.0117. The molecule has 144 valence electrons. The molecule has 8 nitrogen and oxygen atoms in total. The van der Waals surface area contributed by atoms with E-state index in [0.29, 0.717) is 24.5 Å². The first-order chi connectivity index (χ1) is 12.9. The predicted octanol–water partition coefficient (Wildman–Crippen LogP) is 2.31. The van der Waals surface area contributed by atoms with E-state index in [1.807, 2.05) is 23.1 Å². The zero-order chi connectivity index (χ0) is 19.6. The van der Waals surface area contributed by atoms with Crippen molar-refractivity contribution < 1.29 is 9.72 Å². The third-order valence-corrected chi connectivity index (χ3v) is 5.13. The fourth-order valence-corrected chi connectivity index (χ4v) is 3.63. The average molecular weight is 371 g/mol. The van der Waals surface area contributed by atoms with Crippen molar-refractivity contribution in [3.8, 4) is 0 Å². The van der Waals surface area contributed by atoms with Gasteiger partial charge in [0.1, 0.15) is 17.4 Å². The predicted molar refractivity (Wildman–Crippen MR) is 101 cm³/mol. The van der Waals surface area contributed by atoms with Crippen molar-refractivity contribution in [3.05, 3.63) is 57.4 Å². The summed E-state index contributed by atoms with van der Waals surface area (Å²) < 4.78 is 1.48. The maximum atomic E-state index is 12.9. The first-order valence-electron chi connectivity index (χ1n) is 9.13. The number of nitrogens with zero attached hydrogens (tertiary/aromatic N) is 5. The van der Waals surface area contributed by atoms with Crippen LogP contribution < -0.4 is 0 Å². The summed E-state index contributed by atoms with van der Waals surface area (Å²) in [5, 5.41) is 15.4. The van der Waals surface area contributed by atoms with Gasteiger partial charge in [0.25, 0.3) is 0 Å². The van der Waals surface area contributed by atoms with Gasteiger partial charge in [0.15, 0.2) is 0 Å². The Labute approximate surface area is 158 Å². The maximum Gasteiger partial charge on any atom is 0.312 e. The Balaban J connectivity index is 1.62. The topological polar surface area (TPSA) is 84.5 Å². The van der Waals surface area contributed by atoms with Gasteiger partial charge in [0.05, 0.1) is 4.92 Å². The normalized spacial score (nSPS) is 16.3. The molecule has 1 atom stereocenters. The molecule has 2 aromatic rings. The zero-order valence-electron chi connectivity index (χ0n) is 16.0. The summed E-state index contributed by atoms with van der Waals surface area (Å²) >= 11 is 0. The van der Waals surface area contributed by atoms with E-state index in [-0.39, 0.29) is 11.6 Å². The lowest BCUT2D eigenvalue weighted by Gasteiger charge is -2.36. The van der Waals surface area contributed by atoms with Gasteiger partial charge in [-0.3, -0.25) is 24.5 Å². The van der Waals surface area contributed by atoms with Crippen molar-refractivity contribution in [3.63, 3.8) is 0 Å². The van der Waals surface area contributed by atoms with Crippen molar-refractivity contribution in [2.45, 2.75) is 33.4 Å². The molecule has 27 heavy (non-hydrogen) atoms. The number of aryl methyl sites for hydroxylation is 1. The molecule has 0 saturated carbocycles. The van der Waals surface area contributed by atoms with Crippen molar-refractivity contribution in [1.29, 1.82) is 0 Å². The minimum Gasteiger partial charge on any atom is -0.338 e. The average Bonchev–Trinajstić information content (AvgIpc) is 2.96. The van der Waals surface area contributed by atoms with Crippen LogP contribution in [0.25, 0.3) is 0 Å². The summed E-state index contributed by atoms with van der Waals surface area (Å²) in [6, 6.07) is 9.72. The summed E-state index contributed by atoms with van der Waals surface area (Å²) in [5.74, 6) is -0.0464. The fourth-order valence-electron chi connectivity index (χ4n) is 3.63. The number of benzene rings is 1. The van der Waals surface area contributed by atoms with Gasteiger partial charge < -0.3 is 4.90 Å². The lowest BCUT2D eigenvalue weighted by molar-refractivity contribution is -0.386. The highest BCUT2D eigenvalue weighted by Crippen LogP contribution is 2.25. The summed E-state index contributed by atoms with van der Waals surface area (Å²) in [6.45, 7) is 8.79. The number of nitro groups is 1. The molecule has 1 aliphatic heterocycles. The third kappa shape index (κ3) is 4.00. The summed E-state index contributed by atoms with van der Waals surface area (Å²) in [5.41, 5.74) is 2.01. The lowest BCUT2D eigenvalue weighted by atomic mass is 10.2. The van der Waals surface area contributed by atoms with Gasteiger partial charge in [0.2, 0.25) is 5.91 Å².